The van der Waals surface area contributed by atoms with Crippen LogP contribution < -0.4 is 20.9 Å². The Kier molecular flexibility index (Phi) is 9.29. The van der Waals surface area contributed by atoms with E-state index in [4.69, 9.17) is 30.2 Å². The number of aromatic nitrogens is 3. The molecule has 2 aromatic rings. The standard InChI is InChI=1S/C32H43N9O4/c1-38(2)26-9-13-39(14-10-26)27(42)23-3-5-24(6-4-23)32(11-7-25(8-12-32)34-29(33)43)28-35-30(40-15-19-44-20-16-40)37-31(36-28)41-17-21-45-22-18-41/h3-8,11,26H,9-10,12-22H2,1-2H3,(H3,33,34,43). The molecule has 13 nitrogen and oxygen atoms in total. The van der Waals surface area contributed by atoms with Crippen molar-refractivity contribution in [3.05, 3.63) is 65.1 Å². The van der Waals surface area contributed by atoms with E-state index in [0.29, 0.717) is 94.1 Å². The average molecular weight is 618 g/mol. The van der Waals surface area contributed by atoms with Gasteiger partial charge in [-0.1, -0.05) is 24.3 Å². The molecule has 1 unspecified atom stereocenters. The Morgan fingerprint density at radius 3 is 1.96 bits per heavy atom. The van der Waals surface area contributed by atoms with Gasteiger partial charge >= 0.3 is 6.03 Å². The summed E-state index contributed by atoms with van der Waals surface area (Å²) in [6, 6.07) is 7.67. The van der Waals surface area contributed by atoms with E-state index in [1.54, 1.807) is 0 Å². The summed E-state index contributed by atoms with van der Waals surface area (Å²) in [5.74, 6) is 1.85. The maximum atomic E-state index is 13.5. The van der Waals surface area contributed by atoms with Gasteiger partial charge in [-0.25, -0.2) is 4.79 Å². The highest BCUT2D eigenvalue weighted by Gasteiger charge is 2.38. The summed E-state index contributed by atoms with van der Waals surface area (Å²) in [4.78, 5) is 48.6. The highest BCUT2D eigenvalue weighted by atomic mass is 16.5. The molecule has 0 spiro atoms. The lowest BCUT2D eigenvalue weighted by Gasteiger charge is -2.36. The van der Waals surface area contributed by atoms with Crippen molar-refractivity contribution in [2.45, 2.75) is 30.7 Å². The van der Waals surface area contributed by atoms with Crippen LogP contribution in [0.4, 0.5) is 16.7 Å². The van der Waals surface area contributed by atoms with Gasteiger partial charge in [0.15, 0.2) is 5.82 Å². The summed E-state index contributed by atoms with van der Waals surface area (Å²) < 4.78 is 11.2. The van der Waals surface area contributed by atoms with Crippen molar-refractivity contribution in [1.29, 1.82) is 0 Å². The van der Waals surface area contributed by atoms with Gasteiger partial charge in [0, 0.05) is 56.6 Å². The van der Waals surface area contributed by atoms with E-state index in [-0.39, 0.29) is 5.91 Å². The Hall–Kier alpha value is -4.07. The van der Waals surface area contributed by atoms with Crippen molar-refractivity contribution in [3.8, 4) is 0 Å². The zero-order chi connectivity index (χ0) is 31.4. The summed E-state index contributed by atoms with van der Waals surface area (Å²) >= 11 is 0. The molecule has 45 heavy (non-hydrogen) atoms. The van der Waals surface area contributed by atoms with Crippen LogP contribution >= 0.6 is 0 Å². The van der Waals surface area contributed by atoms with Crippen LogP contribution in [0.3, 0.4) is 0 Å². The molecule has 0 bridgehead atoms. The number of primary amides is 1. The number of carbonyl (C=O) groups excluding carboxylic acids is 2. The number of likely N-dealkylation sites (tertiary alicyclic amines) is 1. The fourth-order valence-electron chi connectivity index (χ4n) is 6.42. The normalized spacial score (nSPS) is 22.8. The lowest BCUT2D eigenvalue weighted by Crippen LogP contribution is -2.44. The van der Waals surface area contributed by atoms with E-state index in [1.165, 1.54) is 0 Å². The maximum Gasteiger partial charge on any atom is 0.316 e. The molecule has 3 amide bonds. The van der Waals surface area contributed by atoms with Gasteiger partial charge in [0.25, 0.3) is 5.91 Å². The molecule has 4 heterocycles. The molecule has 3 saturated heterocycles. The summed E-state index contributed by atoms with van der Waals surface area (Å²) in [7, 11) is 4.19. The van der Waals surface area contributed by atoms with E-state index in [0.717, 1.165) is 31.5 Å². The lowest BCUT2D eigenvalue weighted by atomic mass is 9.74. The van der Waals surface area contributed by atoms with Gasteiger partial charge in [0.1, 0.15) is 0 Å². The molecule has 6 rings (SSSR count). The first kappa shape index (κ1) is 30.9. The number of amides is 3. The number of urea groups is 1. The number of hydrogen-bond donors (Lipinski definition) is 2. The number of piperidine rings is 1. The highest BCUT2D eigenvalue weighted by Crippen LogP contribution is 2.40. The SMILES string of the molecule is CN(C)C1CCN(C(=O)c2ccc(C3(c4nc(N5CCOCC5)nc(N5CCOCC5)n4)C=CC(NC(N)=O)=CC3)cc2)CC1. The smallest absolute Gasteiger partial charge is 0.316 e. The van der Waals surface area contributed by atoms with Crippen LogP contribution in [0.15, 0.2) is 48.2 Å². The van der Waals surface area contributed by atoms with Crippen LogP contribution in [0, 0.1) is 0 Å². The van der Waals surface area contributed by atoms with Gasteiger partial charge in [-0.3, -0.25) is 4.79 Å². The molecule has 13 heteroatoms. The van der Waals surface area contributed by atoms with Crippen LogP contribution in [-0.4, -0.2) is 123 Å². The zero-order valence-corrected chi connectivity index (χ0v) is 26.2. The minimum absolute atomic E-state index is 0.0456. The Bertz CT molecular complexity index is 1390. The molecule has 1 aromatic heterocycles. The molecule has 3 fully saturated rings. The predicted molar refractivity (Wildman–Crippen MR) is 170 cm³/mol. The fraction of sp³-hybridized carbons (Fsp3) is 0.531. The quantitative estimate of drug-likeness (QED) is 0.470. The van der Waals surface area contributed by atoms with Crippen LogP contribution in [-0.2, 0) is 14.9 Å². The third-order valence-corrected chi connectivity index (χ3v) is 9.19. The number of nitrogens with two attached hydrogens (primary N) is 1. The van der Waals surface area contributed by atoms with Crippen LogP contribution in [0.5, 0.6) is 0 Å². The van der Waals surface area contributed by atoms with Gasteiger partial charge in [-0.2, -0.15) is 15.0 Å². The van der Waals surface area contributed by atoms with Crippen LogP contribution in [0.2, 0.25) is 0 Å². The molecule has 4 aliphatic rings. The molecule has 1 aromatic carbocycles. The number of hydrogen-bond acceptors (Lipinski definition) is 10. The van der Waals surface area contributed by atoms with Crippen molar-refractivity contribution >= 4 is 23.8 Å². The number of nitrogens with one attached hydrogen (secondary N) is 1. The molecule has 3 aliphatic heterocycles. The first-order valence-electron chi connectivity index (χ1n) is 15.8. The molecule has 3 N–H and O–H groups in total. The van der Waals surface area contributed by atoms with Crippen molar-refractivity contribution < 1.29 is 19.1 Å². The average Bonchev–Trinajstić information content (AvgIpc) is 3.09. The van der Waals surface area contributed by atoms with E-state index < -0.39 is 11.4 Å². The van der Waals surface area contributed by atoms with Crippen LogP contribution in [0.25, 0.3) is 0 Å². The number of rotatable bonds is 7. The summed E-state index contributed by atoms with van der Waals surface area (Å²) in [6.07, 6.45) is 8.20. The van der Waals surface area contributed by atoms with E-state index in [2.05, 4.69) is 34.1 Å². The maximum absolute atomic E-state index is 13.5. The lowest BCUT2D eigenvalue weighted by molar-refractivity contribution is 0.0663. The first-order chi connectivity index (χ1) is 21.8. The van der Waals surface area contributed by atoms with E-state index in [9.17, 15) is 9.59 Å². The number of allylic oxidation sites excluding steroid dienone is 3. The number of anilines is 2. The van der Waals surface area contributed by atoms with E-state index >= 15 is 0 Å². The number of carbonyl (C=O) groups is 2. The predicted octanol–water partition coefficient (Wildman–Crippen LogP) is 1.51. The van der Waals surface area contributed by atoms with Gasteiger partial charge in [-0.15, -0.1) is 0 Å². The van der Waals surface area contributed by atoms with E-state index in [1.807, 2.05) is 47.4 Å². The summed E-state index contributed by atoms with van der Waals surface area (Å²) in [6.45, 7) is 6.64. The highest BCUT2D eigenvalue weighted by molar-refractivity contribution is 5.94. The fourth-order valence-corrected chi connectivity index (χ4v) is 6.42. The third-order valence-electron chi connectivity index (χ3n) is 9.19. The van der Waals surface area contributed by atoms with Gasteiger partial charge in [0.2, 0.25) is 11.9 Å². The largest absolute Gasteiger partial charge is 0.378 e. The molecule has 0 saturated carbocycles. The van der Waals surface area contributed by atoms with Crippen LogP contribution in [0.1, 0.15) is 41.0 Å². The minimum Gasteiger partial charge on any atom is -0.378 e. The Labute approximate surface area is 264 Å². The summed E-state index contributed by atoms with van der Waals surface area (Å²) in [5.41, 5.74) is 6.84. The van der Waals surface area contributed by atoms with Crippen molar-refractivity contribution in [1.82, 2.24) is 30.1 Å². The Balaban J connectivity index is 1.36. The number of ether oxygens (including phenoxy) is 2. The number of nitrogens with zero attached hydrogens (tertiary/aromatic N) is 7. The molecule has 1 atom stereocenters. The minimum atomic E-state index is -0.778. The van der Waals surface area contributed by atoms with Gasteiger partial charge < -0.3 is 40.1 Å². The van der Waals surface area contributed by atoms with Crippen molar-refractivity contribution in [2.24, 2.45) is 5.73 Å². The first-order valence-corrected chi connectivity index (χ1v) is 15.8. The number of benzene rings is 1. The molecule has 240 valence electrons. The van der Waals surface area contributed by atoms with Crippen molar-refractivity contribution in [3.63, 3.8) is 0 Å². The molecular weight excluding hydrogens is 574 g/mol. The Morgan fingerprint density at radius 2 is 1.47 bits per heavy atom. The Morgan fingerprint density at radius 1 is 0.889 bits per heavy atom. The molecular formula is C32H43N9O4. The van der Waals surface area contributed by atoms with Gasteiger partial charge in [0.05, 0.1) is 31.8 Å². The second-order valence-corrected chi connectivity index (χ2v) is 12.2. The van der Waals surface area contributed by atoms with Gasteiger partial charge in [-0.05, 0) is 57.1 Å². The second-order valence-electron chi connectivity index (χ2n) is 12.2. The zero-order valence-electron chi connectivity index (χ0n) is 26.2. The third kappa shape index (κ3) is 6.80. The number of morpholine rings is 2. The second kappa shape index (κ2) is 13.5. The summed E-state index contributed by atoms with van der Waals surface area (Å²) in [5, 5.41) is 2.68. The monoisotopic (exact) mass is 617 g/mol. The van der Waals surface area contributed by atoms with Crippen molar-refractivity contribution in [2.75, 3.05) is 89.6 Å². The molecule has 0 radical (unpaired) electrons. The molecule has 1 aliphatic carbocycles. The topological polar surface area (TPSA) is 142 Å².